The van der Waals surface area contributed by atoms with Gasteiger partial charge in [-0.15, -0.1) is 0 Å². The number of rotatable bonds is 4. The topological polar surface area (TPSA) is 67.1 Å². The molecule has 0 fully saturated rings. The van der Waals surface area contributed by atoms with Crippen molar-refractivity contribution in [3.8, 4) is 0 Å². The number of hydrogen-bond donors (Lipinski definition) is 3. The lowest BCUT2D eigenvalue weighted by molar-refractivity contribution is 0.0951. The summed E-state index contributed by atoms with van der Waals surface area (Å²) in [6, 6.07) is 14.9. The van der Waals surface area contributed by atoms with Crippen LogP contribution >= 0.6 is 15.9 Å². The summed E-state index contributed by atoms with van der Waals surface area (Å²) in [6.07, 6.45) is 0. The number of halogens is 1. The molecule has 98 valence electrons. The molecular weight excluding hydrogens is 306 g/mol. The number of nitrogen functional groups attached to an aromatic ring is 1. The van der Waals surface area contributed by atoms with E-state index in [1.54, 1.807) is 18.2 Å². The summed E-state index contributed by atoms with van der Waals surface area (Å²) in [5.41, 5.74) is 4.69. The Balaban J connectivity index is 2.03. The molecule has 0 aliphatic carbocycles. The van der Waals surface area contributed by atoms with E-state index < -0.39 is 0 Å². The van der Waals surface area contributed by atoms with E-state index in [-0.39, 0.29) is 5.91 Å². The van der Waals surface area contributed by atoms with Gasteiger partial charge in [-0.25, -0.2) is 0 Å². The lowest BCUT2D eigenvalue weighted by Crippen LogP contribution is -2.24. The Morgan fingerprint density at radius 3 is 2.47 bits per heavy atom. The van der Waals surface area contributed by atoms with Crippen molar-refractivity contribution in [2.75, 3.05) is 5.43 Å². The number of anilines is 1. The fraction of sp³-hybridized carbons (Fsp3) is 0.0714. The summed E-state index contributed by atoms with van der Waals surface area (Å²) in [4.78, 5) is 12.0. The molecule has 5 heteroatoms. The molecule has 0 saturated heterocycles. The van der Waals surface area contributed by atoms with Crippen molar-refractivity contribution in [3.63, 3.8) is 0 Å². The van der Waals surface area contributed by atoms with Gasteiger partial charge in [0.05, 0.1) is 11.3 Å². The average molecular weight is 320 g/mol. The van der Waals surface area contributed by atoms with Crippen LogP contribution in [0.4, 0.5) is 5.69 Å². The SMILES string of the molecule is NNc1ccccc1C(=O)NCc1ccc(Br)cc1. The Labute approximate surface area is 120 Å². The van der Waals surface area contributed by atoms with Gasteiger partial charge in [0.25, 0.3) is 5.91 Å². The molecule has 0 aromatic heterocycles. The molecule has 2 rings (SSSR count). The average Bonchev–Trinajstić information content (AvgIpc) is 2.46. The second-order valence-corrected chi connectivity index (χ2v) is 4.91. The number of hydrazine groups is 1. The molecule has 0 atom stereocenters. The normalized spacial score (nSPS) is 10.0. The number of hydrogen-bond acceptors (Lipinski definition) is 3. The lowest BCUT2D eigenvalue weighted by atomic mass is 10.1. The maximum Gasteiger partial charge on any atom is 0.253 e. The molecule has 1 amide bonds. The molecule has 0 unspecified atom stereocenters. The van der Waals surface area contributed by atoms with E-state index >= 15 is 0 Å². The molecule has 0 saturated carbocycles. The maximum absolute atomic E-state index is 12.0. The number of amides is 1. The summed E-state index contributed by atoms with van der Waals surface area (Å²) in [5.74, 6) is 5.22. The fourth-order valence-corrected chi connectivity index (χ4v) is 1.95. The van der Waals surface area contributed by atoms with Crippen LogP contribution in [-0.4, -0.2) is 5.91 Å². The second kappa shape index (κ2) is 6.36. The number of para-hydroxylation sites is 1. The van der Waals surface area contributed by atoms with Gasteiger partial charge < -0.3 is 10.7 Å². The molecule has 0 bridgehead atoms. The van der Waals surface area contributed by atoms with E-state index in [9.17, 15) is 4.79 Å². The van der Waals surface area contributed by atoms with Crippen molar-refractivity contribution in [1.82, 2.24) is 5.32 Å². The first-order valence-electron chi connectivity index (χ1n) is 5.79. The monoisotopic (exact) mass is 319 g/mol. The molecule has 0 aliphatic rings. The van der Waals surface area contributed by atoms with Crippen LogP contribution in [0.25, 0.3) is 0 Å². The Kier molecular flexibility index (Phi) is 4.54. The third-order valence-electron chi connectivity index (χ3n) is 2.69. The third-order valence-corrected chi connectivity index (χ3v) is 3.22. The highest BCUT2D eigenvalue weighted by atomic mass is 79.9. The highest BCUT2D eigenvalue weighted by Crippen LogP contribution is 2.14. The largest absolute Gasteiger partial charge is 0.348 e. The van der Waals surface area contributed by atoms with E-state index in [4.69, 9.17) is 5.84 Å². The smallest absolute Gasteiger partial charge is 0.253 e. The van der Waals surface area contributed by atoms with Crippen LogP contribution in [0.5, 0.6) is 0 Å². The minimum Gasteiger partial charge on any atom is -0.348 e. The van der Waals surface area contributed by atoms with E-state index in [1.165, 1.54) is 0 Å². The van der Waals surface area contributed by atoms with Crippen LogP contribution in [0.2, 0.25) is 0 Å². The Morgan fingerprint density at radius 1 is 1.11 bits per heavy atom. The van der Waals surface area contributed by atoms with Crippen LogP contribution in [-0.2, 0) is 6.54 Å². The standard InChI is InChI=1S/C14H14BrN3O/c15-11-7-5-10(6-8-11)9-17-14(19)12-3-1-2-4-13(12)18-16/h1-8,18H,9,16H2,(H,17,19). The van der Waals surface area contributed by atoms with Crippen molar-refractivity contribution in [2.24, 2.45) is 5.84 Å². The first kappa shape index (κ1) is 13.6. The molecule has 4 N–H and O–H groups in total. The Bertz CT molecular complexity index is 569. The minimum atomic E-state index is -0.156. The third kappa shape index (κ3) is 3.56. The van der Waals surface area contributed by atoms with E-state index in [2.05, 4.69) is 26.7 Å². The predicted molar refractivity (Wildman–Crippen MR) is 79.6 cm³/mol. The van der Waals surface area contributed by atoms with Gasteiger partial charge >= 0.3 is 0 Å². The molecular formula is C14H14BrN3O. The molecule has 0 spiro atoms. The molecule has 19 heavy (non-hydrogen) atoms. The van der Waals surface area contributed by atoms with Crippen molar-refractivity contribution >= 4 is 27.5 Å². The van der Waals surface area contributed by atoms with Gasteiger partial charge in [-0.3, -0.25) is 10.6 Å². The molecule has 4 nitrogen and oxygen atoms in total. The van der Waals surface area contributed by atoms with E-state index in [1.807, 2.05) is 30.3 Å². The highest BCUT2D eigenvalue weighted by molar-refractivity contribution is 9.10. The van der Waals surface area contributed by atoms with Gasteiger partial charge in [0.1, 0.15) is 0 Å². The van der Waals surface area contributed by atoms with Gasteiger partial charge in [-0.1, -0.05) is 40.2 Å². The summed E-state index contributed by atoms with van der Waals surface area (Å²) in [7, 11) is 0. The summed E-state index contributed by atoms with van der Waals surface area (Å²) >= 11 is 3.37. The quantitative estimate of drug-likeness (QED) is 0.599. The molecule has 2 aromatic carbocycles. The second-order valence-electron chi connectivity index (χ2n) is 4.00. The molecule has 0 radical (unpaired) electrons. The number of nitrogens with one attached hydrogen (secondary N) is 2. The van der Waals surface area contributed by atoms with Crippen LogP contribution < -0.4 is 16.6 Å². The zero-order chi connectivity index (χ0) is 13.7. The summed E-state index contributed by atoms with van der Waals surface area (Å²) in [5, 5.41) is 2.86. The van der Waals surface area contributed by atoms with Gasteiger partial charge in [0, 0.05) is 11.0 Å². The number of benzene rings is 2. The van der Waals surface area contributed by atoms with Crippen LogP contribution in [0.1, 0.15) is 15.9 Å². The lowest BCUT2D eigenvalue weighted by Gasteiger charge is -2.09. The van der Waals surface area contributed by atoms with E-state index in [0.29, 0.717) is 17.8 Å². The van der Waals surface area contributed by atoms with Crippen molar-refractivity contribution < 1.29 is 4.79 Å². The van der Waals surface area contributed by atoms with Crippen LogP contribution in [0, 0.1) is 0 Å². The Morgan fingerprint density at radius 2 is 1.79 bits per heavy atom. The number of carbonyl (C=O) groups excluding carboxylic acids is 1. The molecule has 0 aliphatic heterocycles. The molecule has 0 heterocycles. The van der Waals surface area contributed by atoms with Crippen molar-refractivity contribution in [3.05, 3.63) is 64.1 Å². The van der Waals surface area contributed by atoms with Gasteiger partial charge in [-0.2, -0.15) is 0 Å². The van der Waals surface area contributed by atoms with Crippen molar-refractivity contribution in [1.29, 1.82) is 0 Å². The van der Waals surface area contributed by atoms with Gasteiger partial charge in [-0.05, 0) is 29.8 Å². The zero-order valence-electron chi connectivity index (χ0n) is 10.2. The molecule has 2 aromatic rings. The van der Waals surface area contributed by atoms with Crippen LogP contribution in [0.15, 0.2) is 53.0 Å². The van der Waals surface area contributed by atoms with Crippen molar-refractivity contribution in [2.45, 2.75) is 6.54 Å². The minimum absolute atomic E-state index is 0.156. The number of nitrogens with two attached hydrogens (primary N) is 1. The first-order valence-corrected chi connectivity index (χ1v) is 6.58. The Hall–Kier alpha value is -1.85. The predicted octanol–water partition coefficient (Wildman–Crippen LogP) is 2.66. The first-order chi connectivity index (χ1) is 9.20. The summed E-state index contributed by atoms with van der Waals surface area (Å²) in [6.45, 7) is 0.477. The van der Waals surface area contributed by atoms with Gasteiger partial charge in [0.15, 0.2) is 0 Å². The number of carbonyl (C=O) groups is 1. The van der Waals surface area contributed by atoms with Gasteiger partial charge in [0.2, 0.25) is 0 Å². The fourth-order valence-electron chi connectivity index (χ4n) is 1.69. The maximum atomic E-state index is 12.0. The summed E-state index contributed by atoms with van der Waals surface area (Å²) < 4.78 is 1.01. The van der Waals surface area contributed by atoms with Crippen LogP contribution in [0.3, 0.4) is 0 Å². The highest BCUT2D eigenvalue weighted by Gasteiger charge is 2.09. The zero-order valence-corrected chi connectivity index (χ0v) is 11.8. The van der Waals surface area contributed by atoms with E-state index in [0.717, 1.165) is 10.0 Å².